The monoisotopic (exact) mass is 273 g/mol. The first-order valence-corrected chi connectivity index (χ1v) is 7.60. The lowest BCUT2D eigenvalue weighted by molar-refractivity contribution is 0.682. The van der Waals surface area contributed by atoms with Crippen molar-refractivity contribution in [3.63, 3.8) is 0 Å². The normalized spacial score (nSPS) is 12.4. The van der Waals surface area contributed by atoms with Crippen LogP contribution in [0, 0.1) is 20.8 Å². The zero-order valence-electron chi connectivity index (χ0n) is 11.6. The predicted octanol–water partition coefficient (Wildman–Crippen LogP) is 3.50. The van der Waals surface area contributed by atoms with Crippen LogP contribution in [0.25, 0.3) is 0 Å². The summed E-state index contributed by atoms with van der Waals surface area (Å²) in [6.07, 6.45) is 0. The summed E-state index contributed by atoms with van der Waals surface area (Å²) in [5.74, 6) is 0.554. The molecule has 0 amide bonds. The molecule has 1 unspecified atom stereocenters. The van der Waals surface area contributed by atoms with E-state index in [0.717, 1.165) is 16.0 Å². The van der Waals surface area contributed by atoms with Crippen molar-refractivity contribution in [1.82, 2.24) is 0 Å². The van der Waals surface area contributed by atoms with Crippen molar-refractivity contribution in [3.05, 3.63) is 58.7 Å². The van der Waals surface area contributed by atoms with Crippen molar-refractivity contribution in [2.45, 2.75) is 31.4 Å². The van der Waals surface area contributed by atoms with Crippen molar-refractivity contribution < 1.29 is 4.21 Å². The maximum atomic E-state index is 12.5. The van der Waals surface area contributed by atoms with Gasteiger partial charge in [0.1, 0.15) is 0 Å². The average Bonchev–Trinajstić information content (AvgIpc) is 2.33. The van der Waals surface area contributed by atoms with Gasteiger partial charge in [-0.1, -0.05) is 23.8 Å². The number of aryl methyl sites for hydroxylation is 3. The van der Waals surface area contributed by atoms with Gasteiger partial charge in [0.15, 0.2) is 0 Å². The van der Waals surface area contributed by atoms with Gasteiger partial charge in [0.2, 0.25) is 0 Å². The maximum absolute atomic E-state index is 12.5. The molecule has 2 aromatic rings. The number of nitrogens with two attached hydrogens (primary N) is 1. The molecule has 0 radical (unpaired) electrons. The Hall–Kier alpha value is -1.61. The summed E-state index contributed by atoms with van der Waals surface area (Å²) < 4.78 is 12.5. The van der Waals surface area contributed by atoms with Crippen LogP contribution in [0.2, 0.25) is 0 Å². The summed E-state index contributed by atoms with van der Waals surface area (Å²) >= 11 is 0. The second kappa shape index (κ2) is 5.57. The van der Waals surface area contributed by atoms with E-state index in [1.807, 2.05) is 25.1 Å². The highest BCUT2D eigenvalue weighted by Gasteiger charge is 2.10. The van der Waals surface area contributed by atoms with E-state index in [-0.39, 0.29) is 0 Å². The Balaban J connectivity index is 2.28. The molecule has 0 fully saturated rings. The first kappa shape index (κ1) is 13.8. The quantitative estimate of drug-likeness (QED) is 0.870. The van der Waals surface area contributed by atoms with Crippen LogP contribution in [0.15, 0.2) is 41.3 Å². The standard InChI is InChI=1S/C16H19NOS/c1-11-4-5-12(2)14(8-11)10-19(18)16-7-6-15(17)9-13(16)3/h4-9H,10,17H2,1-3H3. The zero-order chi connectivity index (χ0) is 14.0. The smallest absolute Gasteiger partial charge is 0.0576 e. The molecule has 0 bridgehead atoms. The molecular formula is C16H19NOS. The highest BCUT2D eigenvalue weighted by Crippen LogP contribution is 2.21. The Labute approximate surface area is 117 Å². The van der Waals surface area contributed by atoms with Gasteiger partial charge in [0.25, 0.3) is 0 Å². The third-order valence-corrected chi connectivity index (χ3v) is 4.76. The van der Waals surface area contributed by atoms with Crippen molar-refractivity contribution in [2.24, 2.45) is 0 Å². The van der Waals surface area contributed by atoms with Gasteiger partial charge in [-0.2, -0.15) is 0 Å². The molecule has 0 aliphatic rings. The fourth-order valence-electron chi connectivity index (χ4n) is 2.10. The molecule has 1 atom stereocenters. The minimum absolute atomic E-state index is 0.554. The first-order chi connectivity index (χ1) is 8.97. The van der Waals surface area contributed by atoms with Gasteiger partial charge in [-0.15, -0.1) is 0 Å². The molecule has 19 heavy (non-hydrogen) atoms. The van der Waals surface area contributed by atoms with Crippen molar-refractivity contribution in [2.75, 3.05) is 5.73 Å². The predicted molar refractivity (Wildman–Crippen MR) is 81.6 cm³/mol. The van der Waals surface area contributed by atoms with Gasteiger partial charge >= 0.3 is 0 Å². The van der Waals surface area contributed by atoms with Crippen LogP contribution in [-0.4, -0.2) is 4.21 Å². The van der Waals surface area contributed by atoms with Crippen LogP contribution in [0.3, 0.4) is 0 Å². The van der Waals surface area contributed by atoms with Gasteiger partial charge in [-0.05, 0) is 55.7 Å². The largest absolute Gasteiger partial charge is 0.399 e. The van der Waals surface area contributed by atoms with E-state index in [1.54, 1.807) is 0 Å². The molecule has 0 heterocycles. The number of nitrogen functional groups attached to an aromatic ring is 1. The summed E-state index contributed by atoms with van der Waals surface area (Å²) in [5, 5.41) is 0. The van der Waals surface area contributed by atoms with E-state index >= 15 is 0 Å². The molecule has 2 nitrogen and oxygen atoms in total. The number of anilines is 1. The minimum atomic E-state index is -1.03. The van der Waals surface area contributed by atoms with Crippen LogP contribution in [0.1, 0.15) is 22.3 Å². The Bertz CT molecular complexity index is 635. The molecular weight excluding hydrogens is 254 g/mol. The molecule has 0 aliphatic heterocycles. The molecule has 2 aromatic carbocycles. The third kappa shape index (κ3) is 3.24. The summed E-state index contributed by atoms with van der Waals surface area (Å²) in [7, 11) is -1.03. The molecule has 3 heteroatoms. The maximum Gasteiger partial charge on any atom is 0.0576 e. The molecule has 0 aromatic heterocycles. The molecule has 0 saturated heterocycles. The summed E-state index contributed by atoms with van der Waals surface area (Å²) in [6, 6.07) is 11.8. The SMILES string of the molecule is Cc1ccc(C)c(CS(=O)c2ccc(N)cc2C)c1. The van der Waals surface area contributed by atoms with Crippen molar-refractivity contribution in [1.29, 1.82) is 0 Å². The number of hydrogen-bond acceptors (Lipinski definition) is 2. The fraction of sp³-hybridized carbons (Fsp3) is 0.250. The molecule has 0 saturated carbocycles. The Kier molecular flexibility index (Phi) is 4.05. The van der Waals surface area contributed by atoms with Crippen molar-refractivity contribution >= 4 is 16.5 Å². The Morgan fingerprint density at radius 2 is 1.74 bits per heavy atom. The van der Waals surface area contributed by atoms with E-state index < -0.39 is 10.8 Å². The fourth-order valence-corrected chi connectivity index (χ4v) is 3.49. The van der Waals surface area contributed by atoms with Crippen LogP contribution in [-0.2, 0) is 16.6 Å². The second-order valence-corrected chi connectivity index (χ2v) is 6.36. The Morgan fingerprint density at radius 3 is 2.42 bits per heavy atom. The highest BCUT2D eigenvalue weighted by atomic mass is 32.2. The molecule has 2 N–H and O–H groups in total. The van der Waals surface area contributed by atoms with Gasteiger partial charge < -0.3 is 5.73 Å². The molecule has 0 spiro atoms. The summed E-state index contributed by atoms with van der Waals surface area (Å²) in [5.41, 5.74) is 11.0. The summed E-state index contributed by atoms with van der Waals surface area (Å²) in [4.78, 5) is 0.870. The zero-order valence-corrected chi connectivity index (χ0v) is 12.4. The lowest BCUT2D eigenvalue weighted by Crippen LogP contribution is -2.01. The second-order valence-electron chi connectivity index (χ2n) is 4.94. The minimum Gasteiger partial charge on any atom is -0.399 e. The number of hydrogen-bond donors (Lipinski definition) is 1. The van der Waals surface area contributed by atoms with E-state index in [0.29, 0.717) is 11.4 Å². The van der Waals surface area contributed by atoms with E-state index in [1.165, 1.54) is 11.1 Å². The van der Waals surface area contributed by atoms with E-state index in [4.69, 9.17) is 5.73 Å². The van der Waals surface area contributed by atoms with Crippen LogP contribution < -0.4 is 5.73 Å². The lowest BCUT2D eigenvalue weighted by atomic mass is 10.1. The Morgan fingerprint density at radius 1 is 1.00 bits per heavy atom. The van der Waals surface area contributed by atoms with E-state index in [9.17, 15) is 4.21 Å². The molecule has 100 valence electrons. The van der Waals surface area contributed by atoms with E-state index in [2.05, 4.69) is 32.0 Å². The van der Waals surface area contributed by atoms with Crippen LogP contribution >= 0.6 is 0 Å². The van der Waals surface area contributed by atoms with Gasteiger partial charge in [-0.25, -0.2) is 0 Å². The lowest BCUT2D eigenvalue weighted by Gasteiger charge is -2.09. The van der Waals surface area contributed by atoms with Gasteiger partial charge in [0.05, 0.1) is 16.6 Å². The third-order valence-electron chi connectivity index (χ3n) is 3.24. The first-order valence-electron chi connectivity index (χ1n) is 6.28. The van der Waals surface area contributed by atoms with Crippen LogP contribution in [0.5, 0.6) is 0 Å². The number of benzene rings is 2. The van der Waals surface area contributed by atoms with Gasteiger partial charge in [-0.3, -0.25) is 4.21 Å². The average molecular weight is 273 g/mol. The van der Waals surface area contributed by atoms with Crippen LogP contribution in [0.4, 0.5) is 5.69 Å². The number of rotatable bonds is 3. The summed E-state index contributed by atoms with van der Waals surface area (Å²) in [6.45, 7) is 6.06. The highest BCUT2D eigenvalue weighted by molar-refractivity contribution is 7.84. The van der Waals surface area contributed by atoms with Crippen molar-refractivity contribution in [3.8, 4) is 0 Å². The van der Waals surface area contributed by atoms with Gasteiger partial charge in [0, 0.05) is 10.6 Å². The molecule has 0 aliphatic carbocycles. The molecule has 2 rings (SSSR count). The topological polar surface area (TPSA) is 43.1 Å².